The van der Waals surface area contributed by atoms with Gasteiger partial charge in [0.2, 0.25) is 0 Å². The number of ether oxygens (including phenoxy) is 1. The molecular formula is C15H21NO4. The third-order valence-electron chi connectivity index (χ3n) is 3.54. The van der Waals surface area contributed by atoms with E-state index in [0.29, 0.717) is 13.0 Å². The Bertz CT molecular complexity index is 477. The summed E-state index contributed by atoms with van der Waals surface area (Å²) in [5.41, 5.74) is 0.286. The van der Waals surface area contributed by atoms with E-state index in [9.17, 15) is 9.59 Å². The fourth-order valence-corrected chi connectivity index (χ4v) is 1.89. The number of carboxylic acids is 1. The standard InChI is InChI=1S/C15H21NO4/c1-5-15(2,20-4)14(19)16(3)10-11-6-8-12(9-7-11)13(17)18/h6-9H,5,10H2,1-4H3,(H,17,18). The van der Waals surface area contributed by atoms with Crippen LogP contribution in [0.15, 0.2) is 24.3 Å². The van der Waals surface area contributed by atoms with Crippen molar-refractivity contribution in [3.8, 4) is 0 Å². The fraction of sp³-hybridized carbons (Fsp3) is 0.467. The molecule has 0 aliphatic heterocycles. The molecule has 1 atom stereocenters. The number of hydrogen-bond acceptors (Lipinski definition) is 3. The van der Waals surface area contributed by atoms with Crippen LogP contribution in [0, 0.1) is 0 Å². The van der Waals surface area contributed by atoms with Crippen LogP contribution in [0.2, 0.25) is 0 Å². The highest BCUT2D eigenvalue weighted by molar-refractivity contribution is 5.87. The zero-order chi connectivity index (χ0) is 15.3. The van der Waals surface area contributed by atoms with Gasteiger partial charge in [-0.1, -0.05) is 19.1 Å². The van der Waals surface area contributed by atoms with Crippen molar-refractivity contribution < 1.29 is 19.4 Å². The second kappa shape index (κ2) is 6.52. The minimum Gasteiger partial charge on any atom is -0.478 e. The van der Waals surface area contributed by atoms with Gasteiger partial charge in [0.15, 0.2) is 0 Å². The van der Waals surface area contributed by atoms with Crippen LogP contribution in [0.4, 0.5) is 0 Å². The number of hydrogen-bond donors (Lipinski definition) is 1. The van der Waals surface area contributed by atoms with Crippen molar-refractivity contribution in [2.24, 2.45) is 0 Å². The molecule has 5 nitrogen and oxygen atoms in total. The fourth-order valence-electron chi connectivity index (χ4n) is 1.89. The van der Waals surface area contributed by atoms with Crippen LogP contribution in [-0.2, 0) is 16.1 Å². The zero-order valence-corrected chi connectivity index (χ0v) is 12.3. The maximum Gasteiger partial charge on any atom is 0.335 e. The van der Waals surface area contributed by atoms with Crippen LogP contribution in [0.3, 0.4) is 0 Å². The van der Waals surface area contributed by atoms with Crippen LogP contribution < -0.4 is 0 Å². The van der Waals surface area contributed by atoms with Crippen LogP contribution in [0.1, 0.15) is 36.2 Å². The summed E-state index contributed by atoms with van der Waals surface area (Å²) in [6.45, 7) is 4.08. The smallest absolute Gasteiger partial charge is 0.335 e. The minimum atomic E-state index is -0.959. The number of amides is 1. The Morgan fingerprint density at radius 3 is 2.25 bits per heavy atom. The van der Waals surface area contributed by atoms with Crippen LogP contribution in [0.25, 0.3) is 0 Å². The molecule has 0 heterocycles. The van der Waals surface area contributed by atoms with Crippen molar-refractivity contribution in [1.29, 1.82) is 0 Å². The third kappa shape index (κ3) is 3.57. The number of likely N-dealkylation sites (N-methyl/N-ethyl adjacent to an activating group) is 1. The lowest BCUT2D eigenvalue weighted by Crippen LogP contribution is -2.46. The van der Waals surface area contributed by atoms with E-state index in [1.165, 1.54) is 19.2 Å². The molecule has 0 fully saturated rings. The molecule has 0 aromatic heterocycles. The summed E-state index contributed by atoms with van der Waals surface area (Å²) < 4.78 is 5.29. The van der Waals surface area contributed by atoms with Crippen LogP contribution >= 0.6 is 0 Å². The van der Waals surface area contributed by atoms with E-state index in [4.69, 9.17) is 9.84 Å². The Kier molecular flexibility index (Phi) is 5.27. The molecule has 5 heteroatoms. The third-order valence-corrected chi connectivity index (χ3v) is 3.54. The predicted molar refractivity (Wildman–Crippen MR) is 75.6 cm³/mol. The molecule has 0 aliphatic carbocycles. The first-order valence-electron chi connectivity index (χ1n) is 6.47. The number of nitrogens with zero attached hydrogens (tertiary/aromatic N) is 1. The molecule has 1 unspecified atom stereocenters. The maximum absolute atomic E-state index is 12.3. The average molecular weight is 279 g/mol. The van der Waals surface area contributed by atoms with Crippen molar-refractivity contribution in [3.05, 3.63) is 35.4 Å². The Labute approximate surface area is 119 Å². The summed E-state index contributed by atoms with van der Waals surface area (Å²) in [4.78, 5) is 24.7. The number of carbonyl (C=O) groups is 2. The lowest BCUT2D eigenvalue weighted by molar-refractivity contribution is -0.152. The molecule has 0 spiro atoms. The van der Waals surface area contributed by atoms with E-state index in [0.717, 1.165) is 5.56 Å². The highest BCUT2D eigenvalue weighted by Crippen LogP contribution is 2.18. The van der Waals surface area contributed by atoms with E-state index in [1.54, 1.807) is 31.0 Å². The summed E-state index contributed by atoms with van der Waals surface area (Å²) in [5.74, 6) is -1.05. The summed E-state index contributed by atoms with van der Waals surface area (Å²) in [5, 5.41) is 8.84. The van der Waals surface area contributed by atoms with Gasteiger partial charge in [0.25, 0.3) is 5.91 Å². The average Bonchev–Trinajstić information content (AvgIpc) is 2.46. The highest BCUT2D eigenvalue weighted by Gasteiger charge is 2.33. The van der Waals surface area contributed by atoms with Gasteiger partial charge in [0.05, 0.1) is 5.56 Å². The molecular weight excluding hydrogens is 258 g/mol. The minimum absolute atomic E-state index is 0.0928. The Morgan fingerprint density at radius 2 is 1.85 bits per heavy atom. The number of benzene rings is 1. The monoisotopic (exact) mass is 279 g/mol. The molecule has 0 radical (unpaired) electrons. The molecule has 1 N–H and O–H groups in total. The molecule has 0 aliphatic rings. The first-order chi connectivity index (χ1) is 9.34. The number of methoxy groups -OCH3 is 1. The number of rotatable bonds is 6. The topological polar surface area (TPSA) is 66.8 Å². The summed E-state index contributed by atoms with van der Waals surface area (Å²) in [6.07, 6.45) is 0.588. The van der Waals surface area contributed by atoms with Gasteiger partial charge in [-0.3, -0.25) is 4.79 Å². The van der Waals surface area contributed by atoms with Crippen LogP contribution in [0.5, 0.6) is 0 Å². The maximum atomic E-state index is 12.3. The molecule has 1 amide bonds. The van der Waals surface area contributed by atoms with Crippen molar-refractivity contribution in [3.63, 3.8) is 0 Å². The summed E-state index contributed by atoms with van der Waals surface area (Å²) in [6, 6.07) is 6.49. The normalized spacial score (nSPS) is 13.6. The molecule has 1 aromatic carbocycles. The molecule has 110 valence electrons. The van der Waals surface area contributed by atoms with Gasteiger partial charge in [-0.15, -0.1) is 0 Å². The first kappa shape index (κ1) is 16.2. The van der Waals surface area contributed by atoms with Gasteiger partial charge in [-0.2, -0.15) is 0 Å². The summed E-state index contributed by atoms with van der Waals surface area (Å²) in [7, 11) is 3.23. The second-order valence-electron chi connectivity index (χ2n) is 4.95. The van der Waals surface area contributed by atoms with Crippen molar-refractivity contribution >= 4 is 11.9 Å². The predicted octanol–water partition coefficient (Wildman–Crippen LogP) is 2.16. The highest BCUT2D eigenvalue weighted by atomic mass is 16.5. The van der Waals surface area contributed by atoms with Gasteiger partial charge < -0.3 is 14.7 Å². The second-order valence-corrected chi connectivity index (χ2v) is 4.95. The molecule has 0 bridgehead atoms. The van der Waals surface area contributed by atoms with Gasteiger partial charge >= 0.3 is 5.97 Å². The van der Waals surface area contributed by atoms with Crippen LogP contribution in [-0.4, -0.2) is 41.6 Å². The van der Waals surface area contributed by atoms with Crippen molar-refractivity contribution in [2.75, 3.05) is 14.2 Å². The molecule has 20 heavy (non-hydrogen) atoms. The van der Waals surface area contributed by atoms with Gasteiger partial charge in [0, 0.05) is 20.7 Å². The Morgan fingerprint density at radius 1 is 1.30 bits per heavy atom. The summed E-state index contributed by atoms with van der Waals surface area (Å²) >= 11 is 0. The van der Waals surface area contributed by atoms with E-state index in [1.807, 2.05) is 6.92 Å². The number of aromatic carboxylic acids is 1. The molecule has 0 saturated carbocycles. The van der Waals surface area contributed by atoms with Gasteiger partial charge in [-0.25, -0.2) is 4.79 Å². The van der Waals surface area contributed by atoms with E-state index < -0.39 is 11.6 Å². The quantitative estimate of drug-likeness (QED) is 0.866. The molecule has 1 aromatic rings. The molecule has 1 rings (SSSR count). The molecule has 0 saturated heterocycles. The lowest BCUT2D eigenvalue weighted by Gasteiger charge is -2.30. The van der Waals surface area contributed by atoms with E-state index in [-0.39, 0.29) is 11.5 Å². The van der Waals surface area contributed by atoms with Crippen molar-refractivity contribution in [2.45, 2.75) is 32.4 Å². The first-order valence-corrected chi connectivity index (χ1v) is 6.47. The van der Waals surface area contributed by atoms with E-state index >= 15 is 0 Å². The largest absolute Gasteiger partial charge is 0.478 e. The van der Waals surface area contributed by atoms with E-state index in [2.05, 4.69) is 0 Å². The SMILES string of the molecule is CCC(C)(OC)C(=O)N(C)Cc1ccc(C(=O)O)cc1. The zero-order valence-electron chi connectivity index (χ0n) is 12.3. The Hall–Kier alpha value is -1.88. The lowest BCUT2D eigenvalue weighted by atomic mass is 10.0. The van der Waals surface area contributed by atoms with Crippen molar-refractivity contribution in [1.82, 2.24) is 4.90 Å². The van der Waals surface area contributed by atoms with Gasteiger partial charge in [-0.05, 0) is 31.0 Å². The number of carbonyl (C=O) groups excluding carboxylic acids is 1. The van der Waals surface area contributed by atoms with Gasteiger partial charge in [0.1, 0.15) is 5.60 Å². The Balaban J connectivity index is 2.77. The number of carboxylic acid groups (broad SMARTS) is 1.